The van der Waals surface area contributed by atoms with Gasteiger partial charge in [-0.3, -0.25) is 9.59 Å². The molecule has 0 saturated carbocycles. The molecule has 2 amide bonds. The van der Waals surface area contributed by atoms with Crippen LogP contribution in [0, 0.1) is 0 Å². The number of hydrogen-bond acceptors (Lipinski definition) is 2. The van der Waals surface area contributed by atoms with Crippen LogP contribution in [0.25, 0.3) is 0 Å². The highest BCUT2D eigenvalue weighted by atomic mass is 16.2. The molecule has 1 aliphatic carbocycles. The van der Waals surface area contributed by atoms with Crippen LogP contribution in [0.4, 0.5) is 0 Å². The lowest BCUT2D eigenvalue weighted by Crippen LogP contribution is -2.43. The van der Waals surface area contributed by atoms with Gasteiger partial charge in [-0.05, 0) is 41.2 Å². The van der Waals surface area contributed by atoms with Gasteiger partial charge in [-0.25, -0.2) is 0 Å². The minimum atomic E-state index is -0.840. The smallest absolute Gasteiger partial charge is 0.255 e. The summed E-state index contributed by atoms with van der Waals surface area (Å²) in [7, 11) is 0. The van der Waals surface area contributed by atoms with E-state index in [9.17, 15) is 9.59 Å². The Kier molecular flexibility index (Phi) is 5.17. The van der Waals surface area contributed by atoms with Gasteiger partial charge in [0.05, 0.1) is 6.04 Å². The molecule has 146 valence electrons. The Hall–Kier alpha value is -3.40. The SMILES string of the molecule is CC1CC(N(C(=O)c2ccccc2)C(C(N)=O)c2ccccc2)c2ccccc21. The first-order chi connectivity index (χ1) is 14.1. The molecule has 3 unspecified atom stereocenters. The number of nitrogens with zero attached hydrogens (tertiary/aromatic N) is 1. The first-order valence-electron chi connectivity index (χ1n) is 9.88. The lowest BCUT2D eigenvalue weighted by atomic mass is 9.98. The van der Waals surface area contributed by atoms with Gasteiger partial charge in [-0.1, -0.05) is 79.7 Å². The average molecular weight is 384 g/mol. The molecule has 2 N–H and O–H groups in total. The minimum Gasteiger partial charge on any atom is -0.368 e. The van der Waals surface area contributed by atoms with E-state index in [2.05, 4.69) is 19.1 Å². The maximum atomic E-state index is 13.7. The maximum absolute atomic E-state index is 13.7. The Morgan fingerprint density at radius 3 is 2.03 bits per heavy atom. The minimum absolute atomic E-state index is 0.188. The molecule has 4 rings (SSSR count). The Labute approximate surface area is 171 Å². The van der Waals surface area contributed by atoms with E-state index in [1.165, 1.54) is 5.56 Å². The third-order valence-corrected chi connectivity index (χ3v) is 5.72. The third-order valence-electron chi connectivity index (χ3n) is 5.72. The number of primary amides is 1. The van der Waals surface area contributed by atoms with Crippen molar-refractivity contribution in [2.45, 2.75) is 31.3 Å². The monoisotopic (exact) mass is 384 g/mol. The Morgan fingerprint density at radius 1 is 0.862 bits per heavy atom. The van der Waals surface area contributed by atoms with Crippen LogP contribution in [0.1, 0.15) is 58.4 Å². The van der Waals surface area contributed by atoms with Gasteiger partial charge in [0.15, 0.2) is 0 Å². The van der Waals surface area contributed by atoms with Crippen LogP contribution in [-0.4, -0.2) is 16.7 Å². The fraction of sp³-hybridized carbons (Fsp3) is 0.200. The summed E-state index contributed by atoms with van der Waals surface area (Å²) in [4.78, 5) is 28.0. The molecule has 3 atom stereocenters. The summed E-state index contributed by atoms with van der Waals surface area (Å²) < 4.78 is 0. The van der Waals surface area contributed by atoms with Gasteiger partial charge in [-0.2, -0.15) is 0 Å². The van der Waals surface area contributed by atoms with Crippen LogP contribution in [0.2, 0.25) is 0 Å². The molecule has 1 aliphatic rings. The van der Waals surface area contributed by atoms with E-state index in [1.807, 2.05) is 60.7 Å². The summed E-state index contributed by atoms with van der Waals surface area (Å²) in [5.41, 5.74) is 9.46. The van der Waals surface area contributed by atoms with Gasteiger partial charge in [0.25, 0.3) is 5.91 Å². The summed E-state index contributed by atoms with van der Waals surface area (Å²) in [6.45, 7) is 2.16. The lowest BCUT2D eigenvalue weighted by Gasteiger charge is -2.36. The topological polar surface area (TPSA) is 63.4 Å². The van der Waals surface area contributed by atoms with Crippen molar-refractivity contribution in [3.63, 3.8) is 0 Å². The van der Waals surface area contributed by atoms with Crippen molar-refractivity contribution >= 4 is 11.8 Å². The van der Waals surface area contributed by atoms with E-state index in [0.29, 0.717) is 11.5 Å². The molecular formula is C25H24N2O2. The molecule has 4 nitrogen and oxygen atoms in total. The van der Waals surface area contributed by atoms with Crippen LogP contribution in [-0.2, 0) is 4.79 Å². The molecule has 0 radical (unpaired) electrons. The van der Waals surface area contributed by atoms with Crippen molar-refractivity contribution in [3.8, 4) is 0 Å². The predicted octanol–water partition coefficient (Wildman–Crippen LogP) is 4.60. The molecule has 0 saturated heterocycles. The number of carbonyl (C=O) groups excluding carboxylic acids is 2. The first-order valence-corrected chi connectivity index (χ1v) is 9.88. The molecule has 0 spiro atoms. The normalized spacial score (nSPS) is 18.7. The van der Waals surface area contributed by atoms with E-state index < -0.39 is 11.9 Å². The van der Waals surface area contributed by atoms with Crippen LogP contribution in [0.3, 0.4) is 0 Å². The zero-order valence-electron chi connectivity index (χ0n) is 16.4. The molecule has 0 fully saturated rings. The van der Waals surface area contributed by atoms with Gasteiger partial charge in [0, 0.05) is 5.56 Å². The largest absolute Gasteiger partial charge is 0.368 e. The second kappa shape index (κ2) is 7.92. The molecule has 29 heavy (non-hydrogen) atoms. The lowest BCUT2D eigenvalue weighted by molar-refractivity contribution is -0.123. The average Bonchev–Trinajstić information content (AvgIpc) is 3.09. The fourth-order valence-corrected chi connectivity index (χ4v) is 4.38. The van der Waals surface area contributed by atoms with Crippen LogP contribution < -0.4 is 5.73 Å². The van der Waals surface area contributed by atoms with Crippen molar-refractivity contribution in [1.82, 2.24) is 4.90 Å². The summed E-state index contributed by atoms with van der Waals surface area (Å²) in [6, 6.07) is 25.5. The van der Waals surface area contributed by atoms with Gasteiger partial charge < -0.3 is 10.6 Å². The number of amides is 2. The number of rotatable bonds is 5. The van der Waals surface area contributed by atoms with Crippen molar-refractivity contribution in [1.29, 1.82) is 0 Å². The highest BCUT2D eigenvalue weighted by molar-refractivity contribution is 5.98. The van der Waals surface area contributed by atoms with Gasteiger partial charge in [0.2, 0.25) is 5.91 Å². The second-order valence-electron chi connectivity index (χ2n) is 7.58. The molecule has 3 aromatic carbocycles. The molecule has 0 heterocycles. The zero-order chi connectivity index (χ0) is 20.4. The van der Waals surface area contributed by atoms with Crippen molar-refractivity contribution in [2.24, 2.45) is 5.73 Å². The maximum Gasteiger partial charge on any atom is 0.255 e. The van der Waals surface area contributed by atoms with Gasteiger partial charge in [0.1, 0.15) is 6.04 Å². The summed E-state index contributed by atoms with van der Waals surface area (Å²) in [5.74, 6) is -0.420. The van der Waals surface area contributed by atoms with Crippen LogP contribution in [0.5, 0.6) is 0 Å². The Morgan fingerprint density at radius 2 is 1.41 bits per heavy atom. The molecular weight excluding hydrogens is 360 g/mol. The second-order valence-corrected chi connectivity index (χ2v) is 7.58. The van der Waals surface area contributed by atoms with E-state index in [-0.39, 0.29) is 11.9 Å². The van der Waals surface area contributed by atoms with Gasteiger partial charge >= 0.3 is 0 Å². The number of hydrogen-bond donors (Lipinski definition) is 1. The Bertz CT molecular complexity index is 1020. The highest BCUT2D eigenvalue weighted by Crippen LogP contribution is 2.46. The van der Waals surface area contributed by atoms with Crippen LogP contribution in [0.15, 0.2) is 84.9 Å². The van der Waals surface area contributed by atoms with E-state index >= 15 is 0 Å². The van der Waals surface area contributed by atoms with E-state index in [0.717, 1.165) is 17.5 Å². The highest BCUT2D eigenvalue weighted by Gasteiger charge is 2.41. The summed E-state index contributed by atoms with van der Waals surface area (Å²) >= 11 is 0. The Balaban J connectivity index is 1.86. The number of nitrogens with two attached hydrogens (primary N) is 1. The van der Waals surface area contributed by atoms with Crippen molar-refractivity contribution in [3.05, 3.63) is 107 Å². The van der Waals surface area contributed by atoms with E-state index in [4.69, 9.17) is 5.73 Å². The summed E-state index contributed by atoms with van der Waals surface area (Å²) in [6.07, 6.45) is 0.758. The zero-order valence-corrected chi connectivity index (χ0v) is 16.4. The molecule has 3 aromatic rings. The van der Waals surface area contributed by atoms with Crippen molar-refractivity contribution < 1.29 is 9.59 Å². The molecule has 0 aliphatic heterocycles. The molecule has 4 heteroatoms. The molecule has 0 bridgehead atoms. The quantitative estimate of drug-likeness (QED) is 0.698. The van der Waals surface area contributed by atoms with E-state index in [1.54, 1.807) is 17.0 Å². The predicted molar refractivity (Wildman–Crippen MR) is 113 cm³/mol. The van der Waals surface area contributed by atoms with Gasteiger partial charge in [-0.15, -0.1) is 0 Å². The number of carbonyl (C=O) groups is 2. The first kappa shape index (κ1) is 18.9. The van der Waals surface area contributed by atoms with Crippen LogP contribution >= 0.6 is 0 Å². The number of benzene rings is 3. The van der Waals surface area contributed by atoms with Crippen molar-refractivity contribution in [2.75, 3.05) is 0 Å². The third kappa shape index (κ3) is 3.54. The summed E-state index contributed by atoms with van der Waals surface area (Å²) in [5, 5.41) is 0. The number of fused-ring (bicyclic) bond motifs is 1. The standard InChI is InChI=1S/C25H24N2O2/c1-17-16-22(21-15-9-8-14-20(17)21)27(25(29)19-12-6-3-7-13-19)23(24(26)28)18-10-4-2-5-11-18/h2-15,17,22-23H,16H2,1H3,(H2,26,28). The molecule has 0 aromatic heterocycles. The fourth-order valence-electron chi connectivity index (χ4n) is 4.38.